The number of hydrogen-bond acceptors (Lipinski definition) is 3. The highest BCUT2D eigenvalue weighted by atomic mass is 16.5. The molecule has 2 aromatic rings. The van der Waals surface area contributed by atoms with Crippen molar-refractivity contribution < 1.29 is 4.74 Å². The molecule has 1 aromatic heterocycles. The molecule has 25 heavy (non-hydrogen) atoms. The Morgan fingerprint density at radius 1 is 1.12 bits per heavy atom. The van der Waals surface area contributed by atoms with Crippen molar-refractivity contribution in [2.75, 3.05) is 7.11 Å². The normalized spacial score (nSPS) is 31.1. The van der Waals surface area contributed by atoms with Crippen molar-refractivity contribution in [1.29, 1.82) is 0 Å². The first-order valence-corrected chi connectivity index (χ1v) is 8.22. The molecule has 1 aromatic carbocycles. The maximum atomic E-state index is 13.3. The lowest BCUT2D eigenvalue weighted by molar-refractivity contribution is -0.0953. The zero-order valence-electron chi connectivity index (χ0n) is 13.9. The van der Waals surface area contributed by atoms with Crippen molar-refractivity contribution in [3.63, 3.8) is 0 Å². The summed E-state index contributed by atoms with van der Waals surface area (Å²) in [7, 11) is 1.58. The summed E-state index contributed by atoms with van der Waals surface area (Å²) in [6, 6.07) is 8.69. The number of benzene rings is 1. The zero-order valence-corrected chi connectivity index (χ0v) is 13.9. The van der Waals surface area contributed by atoms with E-state index in [9.17, 15) is 9.59 Å². The van der Waals surface area contributed by atoms with Gasteiger partial charge in [0.05, 0.1) is 17.1 Å². The standard InChI is InChI=1S/C19H17N3O3/c1-18-13-7-6-10-15(18)21-16(23)20(14-8-4-3-5-9-14)17(24)22(21)19(18,25-2)12-11-13/h3-12,15H,1-2H3. The highest BCUT2D eigenvalue weighted by molar-refractivity contribution is 5.48. The van der Waals surface area contributed by atoms with Gasteiger partial charge in [0.15, 0.2) is 5.72 Å². The van der Waals surface area contributed by atoms with Crippen LogP contribution >= 0.6 is 0 Å². The summed E-state index contributed by atoms with van der Waals surface area (Å²) in [6.45, 7) is 2.04. The van der Waals surface area contributed by atoms with E-state index < -0.39 is 16.8 Å². The Morgan fingerprint density at radius 3 is 2.60 bits per heavy atom. The lowest BCUT2D eigenvalue weighted by atomic mass is 9.70. The second-order valence-electron chi connectivity index (χ2n) is 6.78. The molecule has 0 amide bonds. The molecule has 1 aliphatic heterocycles. The van der Waals surface area contributed by atoms with E-state index in [4.69, 9.17) is 4.74 Å². The van der Waals surface area contributed by atoms with Crippen LogP contribution < -0.4 is 11.4 Å². The molecular weight excluding hydrogens is 318 g/mol. The van der Waals surface area contributed by atoms with Crippen molar-refractivity contribution in [3.05, 3.63) is 87.3 Å². The first-order chi connectivity index (χ1) is 12.1. The number of fused-ring (bicyclic) bond motifs is 3. The number of allylic oxidation sites excluding steroid dienone is 4. The number of para-hydroxylation sites is 1. The van der Waals surface area contributed by atoms with Gasteiger partial charge in [-0.15, -0.1) is 0 Å². The Bertz CT molecular complexity index is 1100. The highest BCUT2D eigenvalue weighted by Crippen LogP contribution is 2.61. The van der Waals surface area contributed by atoms with Gasteiger partial charge in [-0.2, -0.15) is 4.68 Å². The SMILES string of the molecule is COC12C=CC3=CC=CC(n4c(=O)n(-c5ccccc5)c(=O)n41)C32C. The molecule has 3 unspecified atom stereocenters. The topological polar surface area (TPSA) is 58.2 Å². The maximum Gasteiger partial charge on any atom is 0.354 e. The van der Waals surface area contributed by atoms with Crippen LogP contribution in [0.5, 0.6) is 0 Å². The van der Waals surface area contributed by atoms with E-state index in [0.29, 0.717) is 5.69 Å². The van der Waals surface area contributed by atoms with Crippen molar-refractivity contribution >= 4 is 0 Å². The van der Waals surface area contributed by atoms with E-state index in [1.54, 1.807) is 19.2 Å². The first-order valence-electron chi connectivity index (χ1n) is 8.22. The van der Waals surface area contributed by atoms with Gasteiger partial charge in [-0.25, -0.2) is 18.8 Å². The number of nitrogens with zero attached hydrogens (tertiary/aromatic N) is 3. The Morgan fingerprint density at radius 2 is 1.88 bits per heavy atom. The van der Waals surface area contributed by atoms with Crippen molar-refractivity contribution in [1.82, 2.24) is 13.9 Å². The van der Waals surface area contributed by atoms with Crippen LogP contribution in [0.25, 0.3) is 5.69 Å². The first kappa shape index (κ1) is 14.5. The minimum absolute atomic E-state index is 0.285. The minimum Gasteiger partial charge on any atom is -0.352 e. The van der Waals surface area contributed by atoms with Crippen LogP contribution in [-0.2, 0) is 10.5 Å². The lowest BCUT2D eigenvalue weighted by Crippen LogP contribution is -2.48. The third-order valence-corrected chi connectivity index (χ3v) is 5.87. The van der Waals surface area contributed by atoms with E-state index in [0.717, 1.165) is 5.57 Å². The van der Waals surface area contributed by atoms with E-state index in [1.807, 2.05) is 55.5 Å². The largest absolute Gasteiger partial charge is 0.354 e. The average Bonchev–Trinajstić information content (AvgIpc) is 3.16. The van der Waals surface area contributed by atoms with Gasteiger partial charge in [0.1, 0.15) is 0 Å². The van der Waals surface area contributed by atoms with E-state index in [-0.39, 0.29) is 11.7 Å². The number of hydrogen-bond donors (Lipinski definition) is 0. The number of rotatable bonds is 2. The molecule has 0 saturated carbocycles. The molecule has 0 N–H and O–H groups in total. The molecule has 0 radical (unpaired) electrons. The predicted molar refractivity (Wildman–Crippen MR) is 92.8 cm³/mol. The monoisotopic (exact) mass is 335 g/mol. The van der Waals surface area contributed by atoms with E-state index in [2.05, 4.69) is 0 Å². The van der Waals surface area contributed by atoms with Gasteiger partial charge in [0.2, 0.25) is 0 Å². The fourth-order valence-corrected chi connectivity index (χ4v) is 4.61. The molecule has 0 spiro atoms. The van der Waals surface area contributed by atoms with Crippen LogP contribution in [0.15, 0.2) is 75.9 Å². The van der Waals surface area contributed by atoms with Crippen molar-refractivity contribution in [2.45, 2.75) is 18.7 Å². The molecule has 0 fully saturated rings. The van der Waals surface area contributed by atoms with E-state index in [1.165, 1.54) is 13.9 Å². The smallest absolute Gasteiger partial charge is 0.352 e. The number of ether oxygens (including phenoxy) is 1. The molecule has 3 aliphatic rings. The van der Waals surface area contributed by atoms with Crippen LogP contribution in [0.3, 0.4) is 0 Å². The lowest BCUT2D eigenvalue weighted by Gasteiger charge is -2.39. The zero-order chi connectivity index (χ0) is 17.4. The summed E-state index contributed by atoms with van der Waals surface area (Å²) >= 11 is 0. The van der Waals surface area contributed by atoms with Crippen LogP contribution in [0.4, 0.5) is 0 Å². The summed E-state index contributed by atoms with van der Waals surface area (Å²) in [5, 5.41) is 0. The van der Waals surface area contributed by atoms with Crippen LogP contribution in [0.2, 0.25) is 0 Å². The molecule has 6 nitrogen and oxygen atoms in total. The molecule has 126 valence electrons. The fraction of sp³-hybridized carbons (Fsp3) is 0.263. The number of aromatic nitrogens is 3. The molecule has 5 rings (SSSR count). The van der Waals surface area contributed by atoms with Gasteiger partial charge in [0.25, 0.3) is 0 Å². The Kier molecular flexibility index (Phi) is 2.55. The highest BCUT2D eigenvalue weighted by Gasteiger charge is 2.66. The van der Waals surface area contributed by atoms with Crippen molar-refractivity contribution in [2.24, 2.45) is 5.41 Å². The average molecular weight is 335 g/mol. The third kappa shape index (κ3) is 1.37. The Balaban J connectivity index is 1.90. The maximum absolute atomic E-state index is 13.3. The van der Waals surface area contributed by atoms with Gasteiger partial charge in [-0.05, 0) is 30.7 Å². The van der Waals surface area contributed by atoms with Gasteiger partial charge < -0.3 is 4.74 Å². The molecule has 2 heterocycles. The molecule has 3 atom stereocenters. The fourth-order valence-electron chi connectivity index (χ4n) is 4.61. The minimum atomic E-state index is -1.01. The quantitative estimate of drug-likeness (QED) is 0.840. The molecule has 0 bridgehead atoms. The van der Waals surface area contributed by atoms with Crippen LogP contribution in [-0.4, -0.2) is 21.0 Å². The van der Waals surface area contributed by atoms with Gasteiger partial charge in [0, 0.05) is 7.11 Å². The Hall–Kier alpha value is -2.86. The molecule has 6 heteroatoms. The van der Waals surface area contributed by atoms with Crippen LogP contribution in [0, 0.1) is 5.41 Å². The Labute approximate surface area is 143 Å². The summed E-state index contributed by atoms with van der Waals surface area (Å²) < 4.78 is 10.1. The summed E-state index contributed by atoms with van der Waals surface area (Å²) in [6.07, 6.45) is 9.79. The van der Waals surface area contributed by atoms with Gasteiger partial charge in [-0.3, -0.25) is 0 Å². The van der Waals surface area contributed by atoms with Crippen molar-refractivity contribution in [3.8, 4) is 5.69 Å². The summed E-state index contributed by atoms with van der Waals surface area (Å²) in [4.78, 5) is 26.5. The number of methoxy groups -OCH3 is 1. The second-order valence-corrected chi connectivity index (χ2v) is 6.78. The summed E-state index contributed by atoms with van der Waals surface area (Å²) in [5.41, 5.74) is -0.671. The van der Waals surface area contributed by atoms with Crippen LogP contribution in [0.1, 0.15) is 13.0 Å². The second kappa shape index (κ2) is 4.40. The molecule has 0 saturated heterocycles. The predicted octanol–water partition coefficient (Wildman–Crippen LogP) is 1.73. The molecule has 2 aliphatic carbocycles. The van der Waals surface area contributed by atoms with Gasteiger partial charge in [-0.1, -0.05) is 42.5 Å². The van der Waals surface area contributed by atoms with E-state index >= 15 is 0 Å². The third-order valence-electron chi connectivity index (χ3n) is 5.87. The molecular formula is C19H17N3O3. The summed E-state index contributed by atoms with van der Waals surface area (Å²) in [5.74, 6) is 0. The van der Waals surface area contributed by atoms with Gasteiger partial charge >= 0.3 is 11.4 Å².